The Bertz CT molecular complexity index is 911. The molecule has 6 heteroatoms. The lowest BCUT2D eigenvalue weighted by Gasteiger charge is -2.10. The van der Waals surface area contributed by atoms with E-state index in [4.69, 9.17) is 4.18 Å². The topological polar surface area (TPSA) is 69.2 Å². The first-order chi connectivity index (χ1) is 11.0. The maximum atomic E-state index is 11.3. The molecule has 0 saturated carbocycles. The zero-order chi connectivity index (χ0) is 16.3. The van der Waals surface area contributed by atoms with E-state index >= 15 is 0 Å². The van der Waals surface area contributed by atoms with Gasteiger partial charge >= 0.3 is 10.1 Å². The van der Waals surface area contributed by atoms with Crippen molar-refractivity contribution in [3.63, 3.8) is 0 Å². The van der Waals surface area contributed by atoms with Crippen molar-refractivity contribution in [2.45, 2.75) is 0 Å². The van der Waals surface area contributed by atoms with Gasteiger partial charge < -0.3 is 4.18 Å². The second kappa shape index (κ2) is 6.18. The molecular formula is C17H14N2O3S. The highest BCUT2D eigenvalue weighted by Crippen LogP contribution is 2.30. The highest BCUT2D eigenvalue weighted by molar-refractivity contribution is 7.86. The first-order valence-corrected chi connectivity index (χ1v) is 8.72. The van der Waals surface area contributed by atoms with Gasteiger partial charge in [-0.1, -0.05) is 60.7 Å². The van der Waals surface area contributed by atoms with Crippen LogP contribution in [0.3, 0.4) is 0 Å². The lowest BCUT2D eigenvalue weighted by atomic mass is 10.0. The van der Waals surface area contributed by atoms with Crippen molar-refractivity contribution in [3.05, 3.63) is 66.9 Å². The van der Waals surface area contributed by atoms with Crippen LogP contribution in [0, 0.1) is 0 Å². The van der Waals surface area contributed by atoms with E-state index in [1.807, 2.05) is 60.7 Å². The lowest BCUT2D eigenvalue weighted by molar-refractivity contribution is 0.481. The number of rotatable bonds is 4. The molecule has 3 rings (SSSR count). The number of aromatic nitrogens is 2. The summed E-state index contributed by atoms with van der Waals surface area (Å²) in [5, 5.41) is 0. The van der Waals surface area contributed by atoms with Crippen molar-refractivity contribution in [1.82, 2.24) is 9.97 Å². The third kappa shape index (κ3) is 3.73. The molecule has 5 nitrogen and oxygen atoms in total. The summed E-state index contributed by atoms with van der Waals surface area (Å²) in [6.45, 7) is 0. The molecule has 3 aromatic rings. The highest BCUT2D eigenvalue weighted by atomic mass is 32.2. The van der Waals surface area contributed by atoms with Gasteiger partial charge in [0.15, 0.2) is 0 Å². The Morgan fingerprint density at radius 3 is 1.87 bits per heavy atom. The molecule has 0 spiro atoms. The summed E-state index contributed by atoms with van der Waals surface area (Å²) in [6, 6.07) is 19.0. The standard InChI is InChI=1S/C17H14N2O3S/c1-23(20,21)22-15-12-18-16(13-8-4-2-5-9-13)17(19-15)14-10-6-3-7-11-14/h2-12H,1H3. The SMILES string of the molecule is CS(=O)(=O)Oc1cnc(-c2ccccc2)c(-c2ccccc2)n1. The Morgan fingerprint density at radius 1 is 0.826 bits per heavy atom. The van der Waals surface area contributed by atoms with Crippen molar-refractivity contribution < 1.29 is 12.6 Å². The quantitative estimate of drug-likeness (QED) is 0.689. The summed E-state index contributed by atoms with van der Waals surface area (Å²) < 4.78 is 27.5. The Kier molecular flexibility index (Phi) is 4.08. The van der Waals surface area contributed by atoms with Crippen molar-refractivity contribution in [1.29, 1.82) is 0 Å². The molecule has 0 unspecified atom stereocenters. The summed E-state index contributed by atoms with van der Waals surface area (Å²) in [5.74, 6) is -0.0500. The Morgan fingerprint density at radius 2 is 1.35 bits per heavy atom. The van der Waals surface area contributed by atoms with Gasteiger partial charge in [0.05, 0.1) is 18.1 Å². The van der Waals surface area contributed by atoms with Crippen LogP contribution in [0.1, 0.15) is 0 Å². The zero-order valence-corrected chi connectivity index (χ0v) is 13.2. The summed E-state index contributed by atoms with van der Waals surface area (Å²) in [7, 11) is -3.66. The van der Waals surface area contributed by atoms with E-state index in [9.17, 15) is 8.42 Å². The van der Waals surface area contributed by atoms with Crippen LogP contribution in [0.4, 0.5) is 0 Å². The highest BCUT2D eigenvalue weighted by Gasteiger charge is 2.14. The van der Waals surface area contributed by atoms with E-state index in [0.717, 1.165) is 17.4 Å². The molecule has 0 fully saturated rings. The average Bonchev–Trinajstić information content (AvgIpc) is 2.55. The first kappa shape index (κ1) is 15.2. The van der Waals surface area contributed by atoms with E-state index in [0.29, 0.717) is 11.4 Å². The molecule has 0 aliphatic heterocycles. The maximum Gasteiger partial charge on any atom is 0.307 e. The monoisotopic (exact) mass is 326 g/mol. The number of hydrogen-bond donors (Lipinski definition) is 0. The molecular weight excluding hydrogens is 312 g/mol. The summed E-state index contributed by atoms with van der Waals surface area (Å²) in [5.41, 5.74) is 2.96. The van der Waals surface area contributed by atoms with Gasteiger partial charge in [-0.25, -0.2) is 9.97 Å². The fourth-order valence-electron chi connectivity index (χ4n) is 2.17. The molecule has 0 saturated heterocycles. The van der Waals surface area contributed by atoms with E-state index < -0.39 is 10.1 Å². The molecule has 0 atom stereocenters. The van der Waals surface area contributed by atoms with Gasteiger partial charge in [0.25, 0.3) is 5.88 Å². The molecule has 2 aromatic carbocycles. The molecule has 1 aromatic heterocycles. The van der Waals surface area contributed by atoms with Crippen molar-refractivity contribution >= 4 is 10.1 Å². The van der Waals surface area contributed by atoms with Gasteiger partial charge in [0, 0.05) is 11.1 Å². The summed E-state index contributed by atoms with van der Waals surface area (Å²) >= 11 is 0. The molecule has 116 valence electrons. The predicted octanol–water partition coefficient (Wildman–Crippen LogP) is 3.15. The van der Waals surface area contributed by atoms with Crippen molar-refractivity contribution in [2.24, 2.45) is 0 Å². The fraction of sp³-hybridized carbons (Fsp3) is 0.0588. The van der Waals surface area contributed by atoms with Crippen LogP contribution in [0.2, 0.25) is 0 Å². The number of hydrogen-bond acceptors (Lipinski definition) is 5. The third-order valence-corrected chi connectivity index (χ3v) is 3.56. The van der Waals surface area contributed by atoms with E-state index in [-0.39, 0.29) is 5.88 Å². The molecule has 0 amide bonds. The zero-order valence-electron chi connectivity index (χ0n) is 12.4. The minimum Gasteiger partial charge on any atom is -0.360 e. The van der Waals surface area contributed by atoms with Crippen LogP contribution in [-0.4, -0.2) is 24.6 Å². The van der Waals surface area contributed by atoms with Crippen LogP contribution in [0.25, 0.3) is 22.5 Å². The second-order valence-electron chi connectivity index (χ2n) is 4.92. The Labute approximate surface area is 134 Å². The van der Waals surface area contributed by atoms with Gasteiger partial charge in [-0.15, -0.1) is 0 Å². The van der Waals surface area contributed by atoms with Gasteiger partial charge in [-0.2, -0.15) is 8.42 Å². The Balaban J connectivity index is 2.17. The van der Waals surface area contributed by atoms with Crippen LogP contribution in [-0.2, 0) is 10.1 Å². The Hall–Kier alpha value is -2.73. The molecule has 0 bridgehead atoms. The van der Waals surface area contributed by atoms with E-state index in [2.05, 4.69) is 9.97 Å². The molecule has 0 aliphatic rings. The minimum atomic E-state index is -3.66. The van der Waals surface area contributed by atoms with E-state index in [1.54, 1.807) is 0 Å². The number of benzene rings is 2. The van der Waals surface area contributed by atoms with Crippen LogP contribution in [0.5, 0.6) is 5.88 Å². The number of nitrogens with zero attached hydrogens (tertiary/aromatic N) is 2. The van der Waals surface area contributed by atoms with Gasteiger partial charge in [0.1, 0.15) is 5.69 Å². The van der Waals surface area contributed by atoms with Crippen LogP contribution >= 0.6 is 0 Å². The normalized spacial score (nSPS) is 11.2. The summed E-state index contributed by atoms with van der Waals surface area (Å²) in [4.78, 5) is 8.70. The van der Waals surface area contributed by atoms with Crippen molar-refractivity contribution in [2.75, 3.05) is 6.26 Å². The fourth-order valence-corrected chi connectivity index (χ4v) is 2.56. The average molecular weight is 326 g/mol. The third-order valence-electron chi connectivity index (χ3n) is 3.08. The van der Waals surface area contributed by atoms with Crippen LogP contribution in [0.15, 0.2) is 66.9 Å². The van der Waals surface area contributed by atoms with Gasteiger partial charge in [-0.3, -0.25) is 0 Å². The summed E-state index contributed by atoms with van der Waals surface area (Å²) in [6.07, 6.45) is 2.29. The van der Waals surface area contributed by atoms with Gasteiger partial charge in [-0.05, 0) is 0 Å². The molecule has 0 radical (unpaired) electrons. The largest absolute Gasteiger partial charge is 0.360 e. The molecule has 1 heterocycles. The first-order valence-electron chi connectivity index (χ1n) is 6.90. The van der Waals surface area contributed by atoms with Gasteiger partial charge in [0.2, 0.25) is 0 Å². The smallest absolute Gasteiger partial charge is 0.307 e. The lowest BCUT2D eigenvalue weighted by Crippen LogP contribution is -2.08. The van der Waals surface area contributed by atoms with E-state index in [1.165, 1.54) is 6.20 Å². The van der Waals surface area contributed by atoms with Crippen molar-refractivity contribution in [3.8, 4) is 28.4 Å². The molecule has 23 heavy (non-hydrogen) atoms. The predicted molar refractivity (Wildman–Crippen MR) is 88.4 cm³/mol. The maximum absolute atomic E-state index is 11.3. The molecule has 0 aliphatic carbocycles. The second-order valence-corrected chi connectivity index (χ2v) is 6.50. The van der Waals surface area contributed by atoms with Crippen LogP contribution < -0.4 is 4.18 Å². The minimum absolute atomic E-state index is 0.0500. The molecule has 0 N–H and O–H groups in total.